The summed E-state index contributed by atoms with van der Waals surface area (Å²) in [6.07, 6.45) is 2.57. The van der Waals surface area contributed by atoms with E-state index in [0.29, 0.717) is 16.2 Å². The maximum Gasteiger partial charge on any atom is 0.146 e. The first kappa shape index (κ1) is 11.9. The lowest BCUT2D eigenvalue weighted by atomic mass is 9.92. The van der Waals surface area contributed by atoms with E-state index < -0.39 is 0 Å². The summed E-state index contributed by atoms with van der Waals surface area (Å²) in [7, 11) is 0. The molecular weight excluding hydrogens is 316 g/mol. The molecule has 1 aromatic carbocycles. The largest absolute Gasteiger partial charge is 0.493 e. The Kier molecular flexibility index (Phi) is 3.22. The lowest BCUT2D eigenvalue weighted by Crippen LogP contribution is -2.17. The van der Waals surface area contributed by atoms with Crippen molar-refractivity contribution >= 4 is 27.5 Å². The van der Waals surface area contributed by atoms with E-state index in [9.17, 15) is 0 Å². The first-order valence-corrected chi connectivity index (χ1v) is 6.82. The molecule has 2 aromatic rings. The summed E-state index contributed by atoms with van der Waals surface area (Å²) >= 11 is 9.33. The van der Waals surface area contributed by atoms with Gasteiger partial charge < -0.3 is 4.74 Å². The minimum Gasteiger partial charge on any atom is -0.493 e. The monoisotopic (exact) mass is 324 g/mol. The lowest BCUT2D eigenvalue weighted by molar-refractivity contribution is 0.274. The van der Waals surface area contributed by atoms with Crippen molar-refractivity contribution in [3.05, 3.63) is 51.5 Å². The zero-order valence-electron chi connectivity index (χ0n) is 9.44. The van der Waals surface area contributed by atoms with E-state index in [4.69, 9.17) is 16.3 Å². The fourth-order valence-electron chi connectivity index (χ4n) is 2.14. The van der Waals surface area contributed by atoms with Gasteiger partial charge in [0, 0.05) is 11.8 Å². The Morgan fingerprint density at radius 2 is 2.17 bits per heavy atom. The Labute approximate surface area is 118 Å². The molecule has 0 amide bonds. The summed E-state index contributed by atoms with van der Waals surface area (Å²) in [4.78, 5) is 8.71. The summed E-state index contributed by atoms with van der Waals surface area (Å²) in [5.74, 6) is 1.82. The SMILES string of the molecule is Clc1nc(C2CCOc3ccccc32)ncc1Br. The van der Waals surface area contributed by atoms with Crippen LogP contribution in [0.25, 0.3) is 0 Å². The number of rotatable bonds is 1. The molecule has 1 unspecified atom stereocenters. The number of hydrogen-bond acceptors (Lipinski definition) is 3. The highest BCUT2D eigenvalue weighted by molar-refractivity contribution is 9.10. The Hall–Kier alpha value is -1.13. The van der Waals surface area contributed by atoms with Crippen LogP contribution in [0.2, 0.25) is 5.15 Å². The van der Waals surface area contributed by atoms with Gasteiger partial charge in [0.15, 0.2) is 0 Å². The minimum atomic E-state index is 0.153. The van der Waals surface area contributed by atoms with Crippen LogP contribution in [-0.4, -0.2) is 16.6 Å². The van der Waals surface area contributed by atoms with Crippen LogP contribution >= 0.6 is 27.5 Å². The second-order valence-electron chi connectivity index (χ2n) is 4.09. The van der Waals surface area contributed by atoms with Crippen LogP contribution in [0, 0.1) is 0 Å². The van der Waals surface area contributed by atoms with Gasteiger partial charge in [0.2, 0.25) is 0 Å². The molecule has 0 saturated carbocycles. The molecule has 92 valence electrons. The molecule has 0 aliphatic carbocycles. The van der Waals surface area contributed by atoms with Crippen molar-refractivity contribution in [3.8, 4) is 5.75 Å². The summed E-state index contributed by atoms with van der Waals surface area (Å²) in [5, 5.41) is 0.448. The van der Waals surface area contributed by atoms with Gasteiger partial charge in [-0.2, -0.15) is 0 Å². The molecule has 18 heavy (non-hydrogen) atoms. The third kappa shape index (κ3) is 2.10. The van der Waals surface area contributed by atoms with Gasteiger partial charge in [-0.15, -0.1) is 0 Å². The Morgan fingerprint density at radius 1 is 1.33 bits per heavy atom. The number of halogens is 2. The average molecular weight is 326 g/mol. The third-order valence-corrected chi connectivity index (χ3v) is 4.09. The molecule has 0 radical (unpaired) electrons. The molecule has 0 fully saturated rings. The van der Waals surface area contributed by atoms with Gasteiger partial charge in [-0.1, -0.05) is 29.8 Å². The van der Waals surface area contributed by atoms with Gasteiger partial charge in [-0.25, -0.2) is 9.97 Å². The number of nitrogens with zero attached hydrogens (tertiary/aromatic N) is 2. The van der Waals surface area contributed by atoms with Gasteiger partial charge in [0.1, 0.15) is 16.7 Å². The molecule has 1 aromatic heterocycles. The van der Waals surface area contributed by atoms with Crippen molar-refractivity contribution in [1.82, 2.24) is 9.97 Å². The molecule has 2 heterocycles. The van der Waals surface area contributed by atoms with Gasteiger partial charge in [0.25, 0.3) is 0 Å². The number of benzene rings is 1. The molecule has 0 spiro atoms. The molecule has 1 aliphatic rings. The van der Waals surface area contributed by atoms with Gasteiger partial charge in [-0.3, -0.25) is 0 Å². The van der Waals surface area contributed by atoms with Crippen molar-refractivity contribution in [2.45, 2.75) is 12.3 Å². The Morgan fingerprint density at radius 3 is 3.00 bits per heavy atom. The van der Waals surface area contributed by atoms with E-state index in [2.05, 4.69) is 32.0 Å². The van der Waals surface area contributed by atoms with Gasteiger partial charge >= 0.3 is 0 Å². The quantitative estimate of drug-likeness (QED) is 0.748. The molecular formula is C13H10BrClN2O. The Balaban J connectivity index is 2.05. The van der Waals surface area contributed by atoms with Crippen LogP contribution in [0.15, 0.2) is 34.9 Å². The normalized spacial score (nSPS) is 18.0. The number of para-hydroxylation sites is 1. The van der Waals surface area contributed by atoms with E-state index in [0.717, 1.165) is 23.6 Å². The number of ether oxygens (including phenoxy) is 1. The molecule has 1 atom stereocenters. The van der Waals surface area contributed by atoms with Gasteiger partial charge in [0.05, 0.1) is 17.0 Å². The molecule has 1 aliphatic heterocycles. The van der Waals surface area contributed by atoms with E-state index in [1.807, 2.05) is 18.2 Å². The highest BCUT2D eigenvalue weighted by Gasteiger charge is 2.25. The zero-order valence-corrected chi connectivity index (χ0v) is 11.8. The lowest BCUT2D eigenvalue weighted by Gasteiger charge is -2.24. The van der Waals surface area contributed by atoms with Crippen LogP contribution in [0.4, 0.5) is 0 Å². The van der Waals surface area contributed by atoms with Gasteiger partial charge in [-0.05, 0) is 28.4 Å². The molecule has 5 heteroatoms. The maximum atomic E-state index is 6.03. The molecule has 3 rings (SSSR count). The fraction of sp³-hybridized carbons (Fsp3) is 0.231. The molecule has 0 N–H and O–H groups in total. The van der Waals surface area contributed by atoms with Crippen LogP contribution in [-0.2, 0) is 0 Å². The highest BCUT2D eigenvalue weighted by Crippen LogP contribution is 2.37. The first-order valence-electron chi connectivity index (χ1n) is 5.65. The van der Waals surface area contributed by atoms with Crippen molar-refractivity contribution in [2.75, 3.05) is 6.61 Å². The minimum absolute atomic E-state index is 0.153. The van der Waals surface area contributed by atoms with E-state index >= 15 is 0 Å². The zero-order chi connectivity index (χ0) is 12.5. The van der Waals surface area contributed by atoms with Crippen LogP contribution < -0.4 is 4.74 Å². The summed E-state index contributed by atoms with van der Waals surface area (Å²) in [6.45, 7) is 0.679. The predicted octanol–water partition coefficient (Wildman–Crippen LogP) is 3.81. The average Bonchev–Trinajstić information content (AvgIpc) is 2.41. The van der Waals surface area contributed by atoms with E-state index in [1.54, 1.807) is 6.20 Å². The third-order valence-electron chi connectivity index (χ3n) is 2.99. The molecule has 3 nitrogen and oxygen atoms in total. The fourth-order valence-corrected chi connectivity index (χ4v) is 2.46. The predicted molar refractivity (Wildman–Crippen MR) is 73.1 cm³/mol. The van der Waals surface area contributed by atoms with Crippen molar-refractivity contribution < 1.29 is 4.74 Å². The number of aromatic nitrogens is 2. The summed E-state index contributed by atoms with van der Waals surface area (Å²) in [6, 6.07) is 8.00. The topological polar surface area (TPSA) is 35.0 Å². The molecule has 0 saturated heterocycles. The first-order chi connectivity index (χ1) is 8.75. The van der Waals surface area contributed by atoms with E-state index in [-0.39, 0.29) is 5.92 Å². The summed E-state index contributed by atoms with van der Waals surface area (Å²) < 4.78 is 6.35. The summed E-state index contributed by atoms with van der Waals surface area (Å²) in [5.41, 5.74) is 1.13. The number of hydrogen-bond donors (Lipinski definition) is 0. The highest BCUT2D eigenvalue weighted by atomic mass is 79.9. The second kappa shape index (κ2) is 4.86. The van der Waals surface area contributed by atoms with Crippen molar-refractivity contribution in [3.63, 3.8) is 0 Å². The number of fused-ring (bicyclic) bond motifs is 1. The standard InChI is InChI=1S/C13H10BrClN2O/c14-10-7-16-13(17-12(10)15)9-5-6-18-11-4-2-1-3-8(9)11/h1-4,7,9H,5-6H2. The van der Waals surface area contributed by atoms with Crippen LogP contribution in [0.1, 0.15) is 23.7 Å². The maximum absolute atomic E-state index is 6.03. The smallest absolute Gasteiger partial charge is 0.146 e. The van der Waals surface area contributed by atoms with E-state index in [1.165, 1.54) is 0 Å². The second-order valence-corrected chi connectivity index (χ2v) is 5.31. The van der Waals surface area contributed by atoms with Crippen LogP contribution in [0.5, 0.6) is 5.75 Å². The van der Waals surface area contributed by atoms with Crippen LogP contribution in [0.3, 0.4) is 0 Å². The van der Waals surface area contributed by atoms with Crippen molar-refractivity contribution in [1.29, 1.82) is 0 Å². The Bertz CT molecular complexity index is 591. The van der Waals surface area contributed by atoms with Crippen molar-refractivity contribution in [2.24, 2.45) is 0 Å². The molecule has 0 bridgehead atoms.